The Hall–Kier alpha value is -3.84. The molecule has 1 saturated heterocycles. The van der Waals surface area contributed by atoms with E-state index in [-0.39, 0.29) is 12.1 Å². The highest BCUT2D eigenvalue weighted by Gasteiger charge is 2.41. The van der Waals surface area contributed by atoms with Gasteiger partial charge in [0.2, 0.25) is 0 Å². The minimum absolute atomic E-state index is 0.0154. The molecule has 188 valence electrons. The van der Waals surface area contributed by atoms with Crippen LogP contribution in [0.3, 0.4) is 0 Å². The van der Waals surface area contributed by atoms with Gasteiger partial charge in [0, 0.05) is 30.3 Å². The summed E-state index contributed by atoms with van der Waals surface area (Å²) in [6.45, 7) is 0. The van der Waals surface area contributed by atoms with Crippen LogP contribution in [-0.2, 0) is 0 Å². The van der Waals surface area contributed by atoms with Crippen molar-refractivity contribution in [2.24, 2.45) is 0 Å². The molecule has 0 radical (unpaired) electrons. The van der Waals surface area contributed by atoms with Gasteiger partial charge in [-0.2, -0.15) is 0 Å². The molecule has 2 aliphatic rings. The normalized spacial score (nSPS) is 19.7. The summed E-state index contributed by atoms with van der Waals surface area (Å²) in [7, 11) is 1.65. The van der Waals surface area contributed by atoms with Crippen molar-refractivity contribution in [3.63, 3.8) is 0 Å². The molecule has 1 saturated carbocycles. The minimum atomic E-state index is -0.0525. The van der Waals surface area contributed by atoms with Crippen molar-refractivity contribution in [1.29, 1.82) is 0 Å². The third-order valence-electron chi connectivity index (χ3n) is 7.33. The lowest BCUT2D eigenvalue weighted by atomic mass is 9.98. The molecule has 1 aliphatic heterocycles. The molecule has 3 heterocycles. The van der Waals surface area contributed by atoms with Crippen LogP contribution in [0.25, 0.3) is 0 Å². The van der Waals surface area contributed by atoms with Gasteiger partial charge in [0.1, 0.15) is 17.2 Å². The molecular weight excluding hydrogens is 480 g/mol. The number of pyridine rings is 1. The fourth-order valence-electron chi connectivity index (χ4n) is 5.46. The molecule has 4 aromatic rings. The Kier molecular flexibility index (Phi) is 6.53. The first-order valence-corrected chi connectivity index (χ1v) is 13.2. The van der Waals surface area contributed by atoms with Crippen molar-refractivity contribution in [3.05, 3.63) is 103 Å². The van der Waals surface area contributed by atoms with Crippen LogP contribution in [0.4, 0.5) is 5.69 Å². The van der Waals surface area contributed by atoms with E-state index in [1.165, 1.54) is 31.2 Å². The number of hydrogen-bond donors (Lipinski definition) is 1. The van der Waals surface area contributed by atoms with Crippen LogP contribution in [0, 0.1) is 0 Å². The van der Waals surface area contributed by atoms with E-state index in [4.69, 9.17) is 21.7 Å². The van der Waals surface area contributed by atoms with Crippen molar-refractivity contribution in [1.82, 2.24) is 14.9 Å². The maximum Gasteiger partial charge on any atom is 0.174 e. The van der Waals surface area contributed by atoms with Gasteiger partial charge in [0.05, 0.1) is 24.9 Å². The molecule has 6 nitrogen and oxygen atoms in total. The summed E-state index contributed by atoms with van der Waals surface area (Å²) in [4.78, 5) is 6.88. The predicted octanol–water partition coefficient (Wildman–Crippen LogP) is 6.98. The van der Waals surface area contributed by atoms with Gasteiger partial charge in [-0.15, -0.1) is 0 Å². The third-order valence-corrected chi connectivity index (χ3v) is 7.65. The lowest BCUT2D eigenvalue weighted by molar-refractivity contribution is 0.413. The van der Waals surface area contributed by atoms with E-state index in [1.807, 2.05) is 54.7 Å². The van der Waals surface area contributed by atoms with Gasteiger partial charge in [-0.05, 0) is 97.4 Å². The van der Waals surface area contributed by atoms with Crippen LogP contribution < -0.4 is 19.7 Å². The minimum Gasteiger partial charge on any atom is -0.497 e. The predicted molar refractivity (Wildman–Crippen MR) is 149 cm³/mol. The number of ether oxygens (including phenoxy) is 2. The van der Waals surface area contributed by atoms with Crippen LogP contribution in [0.5, 0.6) is 17.2 Å². The van der Waals surface area contributed by atoms with E-state index in [0.717, 1.165) is 28.6 Å². The van der Waals surface area contributed by atoms with Gasteiger partial charge in [-0.3, -0.25) is 4.98 Å². The maximum absolute atomic E-state index is 6.05. The Bertz CT molecular complexity index is 1350. The van der Waals surface area contributed by atoms with E-state index < -0.39 is 0 Å². The third kappa shape index (κ3) is 4.79. The molecule has 1 aliphatic carbocycles. The summed E-state index contributed by atoms with van der Waals surface area (Å²) < 4.78 is 13.7. The summed E-state index contributed by atoms with van der Waals surface area (Å²) in [5.74, 6) is 2.32. The van der Waals surface area contributed by atoms with Gasteiger partial charge in [-0.1, -0.05) is 18.9 Å². The molecule has 7 heteroatoms. The summed E-state index contributed by atoms with van der Waals surface area (Å²) >= 11 is 5.89. The fraction of sp³-hybridized carbons (Fsp3) is 0.267. The Labute approximate surface area is 222 Å². The zero-order valence-electron chi connectivity index (χ0n) is 20.8. The van der Waals surface area contributed by atoms with E-state index in [2.05, 4.69) is 56.4 Å². The molecule has 2 atom stereocenters. The highest BCUT2D eigenvalue weighted by Crippen LogP contribution is 2.43. The highest BCUT2D eigenvalue weighted by atomic mass is 32.1. The number of thiocarbonyl (C=S) groups is 1. The second-order valence-electron chi connectivity index (χ2n) is 9.60. The molecule has 1 N–H and O–H groups in total. The van der Waals surface area contributed by atoms with Crippen molar-refractivity contribution in [3.8, 4) is 17.2 Å². The molecule has 37 heavy (non-hydrogen) atoms. The van der Waals surface area contributed by atoms with E-state index in [9.17, 15) is 0 Å². The second kappa shape index (κ2) is 10.3. The lowest BCUT2D eigenvalue weighted by Gasteiger charge is -2.27. The second-order valence-corrected chi connectivity index (χ2v) is 9.99. The Balaban J connectivity index is 1.30. The van der Waals surface area contributed by atoms with Crippen molar-refractivity contribution in [2.75, 3.05) is 12.0 Å². The van der Waals surface area contributed by atoms with Gasteiger partial charge in [0.15, 0.2) is 5.11 Å². The number of hydrogen-bond acceptors (Lipinski definition) is 4. The Morgan fingerprint density at radius 2 is 1.59 bits per heavy atom. The first kappa shape index (κ1) is 23.6. The van der Waals surface area contributed by atoms with E-state index >= 15 is 0 Å². The molecule has 6 rings (SSSR count). The highest BCUT2D eigenvalue weighted by molar-refractivity contribution is 7.80. The van der Waals surface area contributed by atoms with Crippen LogP contribution in [-0.4, -0.2) is 21.8 Å². The number of aromatic nitrogens is 2. The zero-order valence-corrected chi connectivity index (χ0v) is 21.6. The first-order valence-electron chi connectivity index (χ1n) is 12.8. The fourth-order valence-corrected chi connectivity index (χ4v) is 5.81. The SMILES string of the molecule is COc1ccc(Oc2ccc(N3C(=S)N[C@@H](c4ccccn4)[C@@H]3c3ccn(C4CCCC4)c3)cc2)cc1. The van der Waals surface area contributed by atoms with Crippen LogP contribution in [0.15, 0.2) is 91.4 Å². The first-order chi connectivity index (χ1) is 18.2. The quantitative estimate of drug-likeness (QED) is 0.271. The summed E-state index contributed by atoms with van der Waals surface area (Å²) in [5, 5.41) is 4.25. The largest absolute Gasteiger partial charge is 0.497 e. The molecule has 0 unspecified atom stereocenters. The van der Waals surface area contributed by atoms with Crippen molar-refractivity contribution < 1.29 is 9.47 Å². The smallest absolute Gasteiger partial charge is 0.174 e. The Morgan fingerprint density at radius 3 is 2.27 bits per heavy atom. The van der Waals surface area contributed by atoms with Gasteiger partial charge in [-0.25, -0.2) is 0 Å². The van der Waals surface area contributed by atoms with Crippen molar-refractivity contribution >= 4 is 23.0 Å². The standard InChI is InChI=1S/C30H30N4O2S/c1-35-24-13-15-26(16-14-24)36-25-11-9-23(10-12-25)34-29(21-17-19-33(20-21)22-6-2-3-7-22)28(32-30(34)37)27-8-4-5-18-31-27/h4-5,8-20,22,28-29H,2-3,6-7H2,1H3,(H,32,37)/t28-,29-/m0/s1. The number of nitrogens with one attached hydrogen (secondary N) is 1. The maximum atomic E-state index is 6.05. The van der Waals surface area contributed by atoms with Crippen LogP contribution in [0.1, 0.15) is 55.1 Å². The average molecular weight is 511 g/mol. The zero-order chi connectivity index (χ0) is 25.2. The summed E-state index contributed by atoms with van der Waals surface area (Å²) in [5.41, 5.74) is 3.22. The topological polar surface area (TPSA) is 51.6 Å². The molecule has 0 amide bonds. The number of rotatable bonds is 7. The summed E-state index contributed by atoms with van der Waals surface area (Å²) in [6.07, 6.45) is 11.5. The van der Waals surface area contributed by atoms with Gasteiger partial charge >= 0.3 is 0 Å². The van der Waals surface area contributed by atoms with Crippen LogP contribution in [0.2, 0.25) is 0 Å². The number of anilines is 1. The number of nitrogens with zero attached hydrogens (tertiary/aromatic N) is 3. The van der Waals surface area contributed by atoms with Gasteiger partial charge < -0.3 is 24.3 Å². The lowest BCUT2D eigenvalue weighted by Crippen LogP contribution is -2.29. The molecular formula is C30H30N4O2S. The molecule has 2 aromatic heterocycles. The van der Waals surface area contributed by atoms with E-state index in [0.29, 0.717) is 11.2 Å². The van der Waals surface area contributed by atoms with Gasteiger partial charge in [0.25, 0.3) is 0 Å². The molecule has 2 aromatic carbocycles. The van der Waals surface area contributed by atoms with Crippen LogP contribution >= 0.6 is 12.2 Å². The van der Waals surface area contributed by atoms with E-state index in [1.54, 1.807) is 7.11 Å². The Morgan fingerprint density at radius 1 is 0.892 bits per heavy atom. The average Bonchev–Trinajstić information content (AvgIpc) is 3.70. The molecule has 2 fully saturated rings. The molecule has 0 spiro atoms. The number of methoxy groups -OCH3 is 1. The monoisotopic (exact) mass is 510 g/mol. The molecule has 0 bridgehead atoms. The number of benzene rings is 2. The summed E-state index contributed by atoms with van der Waals surface area (Å²) in [6, 6.07) is 24.5. The van der Waals surface area contributed by atoms with Crippen molar-refractivity contribution in [2.45, 2.75) is 43.8 Å².